The van der Waals surface area contributed by atoms with Crippen LogP contribution in [0.2, 0.25) is 0 Å². The molecule has 3 aliphatic heterocycles. The summed E-state index contributed by atoms with van der Waals surface area (Å²) < 4.78 is 6.18. The first-order valence-electron chi connectivity index (χ1n) is 10.8. The maximum Gasteiger partial charge on any atom is 0.257 e. The van der Waals surface area contributed by atoms with Crippen molar-refractivity contribution in [2.45, 2.75) is 56.3 Å². The molecule has 0 radical (unpaired) electrons. The summed E-state index contributed by atoms with van der Waals surface area (Å²) in [5.74, 6) is 1.69. The van der Waals surface area contributed by atoms with E-state index in [2.05, 4.69) is 14.9 Å². The van der Waals surface area contributed by atoms with E-state index in [0.717, 1.165) is 51.3 Å². The van der Waals surface area contributed by atoms with Gasteiger partial charge in [-0.25, -0.2) is 9.97 Å². The smallest absolute Gasteiger partial charge is 0.257 e. The third kappa shape index (κ3) is 3.73. The van der Waals surface area contributed by atoms with Crippen LogP contribution in [0, 0.1) is 0 Å². The van der Waals surface area contributed by atoms with Gasteiger partial charge in [-0.15, -0.1) is 0 Å². The Balaban J connectivity index is 0.000000262. The van der Waals surface area contributed by atoms with Crippen molar-refractivity contribution in [1.29, 1.82) is 0 Å². The van der Waals surface area contributed by atoms with Crippen molar-refractivity contribution >= 4 is 11.9 Å². The highest BCUT2D eigenvalue weighted by Crippen LogP contribution is 2.41. The number of carbonyl (C=O) groups excluding carboxylic acids is 1. The predicted octanol–water partition coefficient (Wildman–Crippen LogP) is 3.36. The van der Waals surface area contributed by atoms with Crippen molar-refractivity contribution in [1.82, 2.24) is 14.9 Å². The zero-order chi connectivity index (χ0) is 19.7. The molecule has 29 heavy (non-hydrogen) atoms. The van der Waals surface area contributed by atoms with Crippen LogP contribution in [0.15, 0.2) is 48.8 Å². The van der Waals surface area contributed by atoms with Crippen molar-refractivity contribution < 1.29 is 9.53 Å². The van der Waals surface area contributed by atoms with E-state index >= 15 is 0 Å². The van der Waals surface area contributed by atoms with Crippen molar-refractivity contribution in [2.24, 2.45) is 0 Å². The van der Waals surface area contributed by atoms with Gasteiger partial charge >= 0.3 is 0 Å². The van der Waals surface area contributed by atoms with E-state index in [9.17, 15) is 4.79 Å². The van der Waals surface area contributed by atoms with Gasteiger partial charge in [-0.1, -0.05) is 36.4 Å². The highest BCUT2D eigenvalue weighted by Gasteiger charge is 2.55. The lowest BCUT2D eigenvalue weighted by Gasteiger charge is -2.37. The first kappa shape index (κ1) is 18.6. The molecule has 0 N–H and O–H groups in total. The third-order valence-corrected chi connectivity index (χ3v) is 6.44. The number of hydrogen-bond donors (Lipinski definition) is 0. The molecule has 6 heteroatoms. The van der Waals surface area contributed by atoms with Crippen molar-refractivity contribution in [3.05, 3.63) is 54.4 Å². The van der Waals surface area contributed by atoms with Crippen LogP contribution in [0.25, 0.3) is 0 Å². The summed E-state index contributed by atoms with van der Waals surface area (Å²) in [5, 5.41) is 0. The second-order valence-corrected chi connectivity index (χ2v) is 8.44. The molecule has 1 unspecified atom stereocenters. The molecule has 4 fully saturated rings. The van der Waals surface area contributed by atoms with Crippen LogP contribution in [0.4, 0.5) is 5.95 Å². The molecule has 1 amide bonds. The first-order chi connectivity index (χ1) is 14.3. The Bertz CT molecular complexity index is 803. The van der Waals surface area contributed by atoms with Crippen LogP contribution >= 0.6 is 0 Å². The van der Waals surface area contributed by atoms with E-state index in [0.29, 0.717) is 5.92 Å². The number of anilines is 1. The lowest BCUT2D eigenvalue weighted by atomic mass is 9.90. The summed E-state index contributed by atoms with van der Waals surface area (Å²) in [4.78, 5) is 25.9. The Morgan fingerprint density at radius 1 is 0.897 bits per heavy atom. The van der Waals surface area contributed by atoms with E-state index in [1.807, 2.05) is 53.7 Å². The second kappa shape index (κ2) is 7.75. The topological polar surface area (TPSA) is 58.6 Å². The fourth-order valence-electron chi connectivity index (χ4n) is 4.57. The predicted molar refractivity (Wildman–Crippen MR) is 110 cm³/mol. The number of benzene rings is 1. The van der Waals surface area contributed by atoms with Gasteiger partial charge in [-0.05, 0) is 37.2 Å². The summed E-state index contributed by atoms with van der Waals surface area (Å²) >= 11 is 0. The Kier molecular flexibility index (Phi) is 4.96. The molecular formula is C23H28N4O2. The van der Waals surface area contributed by atoms with Crippen molar-refractivity contribution in [3.63, 3.8) is 0 Å². The molecular weight excluding hydrogens is 364 g/mol. The number of ether oxygens (including phenoxy) is 1. The average molecular weight is 393 g/mol. The van der Waals surface area contributed by atoms with Crippen LogP contribution in [-0.4, -0.2) is 52.2 Å². The number of fused-ring (bicyclic) bond motifs is 1. The fraction of sp³-hybridized carbons (Fsp3) is 0.522. The number of hydrogen-bond acceptors (Lipinski definition) is 5. The monoisotopic (exact) mass is 392 g/mol. The Hall–Kier alpha value is -2.47. The van der Waals surface area contributed by atoms with Gasteiger partial charge in [0.2, 0.25) is 5.95 Å². The van der Waals surface area contributed by atoms with Crippen LogP contribution in [0.5, 0.6) is 0 Å². The molecule has 152 valence electrons. The van der Waals surface area contributed by atoms with Gasteiger partial charge in [-0.2, -0.15) is 0 Å². The lowest BCUT2D eigenvalue weighted by molar-refractivity contribution is -0.139. The highest BCUT2D eigenvalue weighted by atomic mass is 16.6. The summed E-state index contributed by atoms with van der Waals surface area (Å²) in [6, 6.07) is 12.0. The second-order valence-electron chi connectivity index (χ2n) is 8.44. The molecule has 0 bridgehead atoms. The largest absolute Gasteiger partial charge is 0.342 e. The van der Waals surface area contributed by atoms with Gasteiger partial charge in [0.1, 0.15) is 6.23 Å². The highest BCUT2D eigenvalue weighted by molar-refractivity contribution is 5.87. The van der Waals surface area contributed by atoms with Gasteiger partial charge in [0.15, 0.2) is 5.60 Å². The molecule has 2 aromatic rings. The number of nitrogens with zero attached hydrogens (tertiary/aromatic N) is 4. The number of rotatable bonds is 2. The summed E-state index contributed by atoms with van der Waals surface area (Å²) in [6.07, 6.45) is 10.1. The molecule has 4 aliphatic rings. The first-order valence-corrected chi connectivity index (χ1v) is 10.8. The number of piperidine rings is 1. The van der Waals surface area contributed by atoms with Crippen LogP contribution in [0.3, 0.4) is 0 Å². The fourth-order valence-corrected chi connectivity index (χ4v) is 4.57. The Morgan fingerprint density at radius 3 is 2.07 bits per heavy atom. The lowest BCUT2D eigenvalue weighted by Crippen LogP contribution is -2.50. The summed E-state index contributed by atoms with van der Waals surface area (Å²) in [7, 11) is 0. The van der Waals surface area contributed by atoms with E-state index in [4.69, 9.17) is 4.74 Å². The number of carbonyl (C=O) groups is 1. The Morgan fingerprint density at radius 2 is 1.52 bits per heavy atom. The van der Waals surface area contributed by atoms with Gasteiger partial charge in [0.25, 0.3) is 5.91 Å². The molecule has 1 saturated carbocycles. The summed E-state index contributed by atoms with van der Waals surface area (Å²) in [6.45, 7) is 2.44. The minimum absolute atomic E-state index is 0.0307. The van der Waals surface area contributed by atoms with Gasteiger partial charge in [0, 0.05) is 44.9 Å². The normalized spacial score (nSPS) is 25.0. The number of aromatic nitrogens is 2. The van der Waals surface area contributed by atoms with Crippen molar-refractivity contribution in [3.8, 4) is 0 Å². The molecule has 4 heterocycles. The zero-order valence-corrected chi connectivity index (χ0v) is 16.7. The van der Waals surface area contributed by atoms with E-state index in [1.165, 1.54) is 18.4 Å². The average Bonchev–Trinajstić information content (AvgIpc) is 3.49. The molecule has 1 atom stereocenters. The van der Waals surface area contributed by atoms with Gasteiger partial charge in [0.05, 0.1) is 0 Å². The zero-order valence-electron chi connectivity index (χ0n) is 16.7. The molecule has 6 rings (SSSR count). The van der Waals surface area contributed by atoms with Crippen molar-refractivity contribution in [2.75, 3.05) is 24.5 Å². The van der Waals surface area contributed by atoms with Gasteiger partial charge < -0.3 is 14.5 Å². The van der Waals surface area contributed by atoms with Crippen LogP contribution < -0.4 is 4.90 Å². The third-order valence-electron chi connectivity index (χ3n) is 6.44. The maximum absolute atomic E-state index is 12.7. The quantitative estimate of drug-likeness (QED) is 0.784. The van der Waals surface area contributed by atoms with E-state index < -0.39 is 5.60 Å². The molecule has 1 aromatic carbocycles. The SMILES string of the molecule is O=C1N2CCCC2OC12CCN(c1ncc(C3CC3)cn1)CC2.c1ccccc1. The molecule has 3 saturated heterocycles. The standard InChI is InChI=1S/C17H22N4O2.C6H6/c22-15-17(23-14-2-1-7-21(14)15)5-8-20(9-6-17)16-18-10-13(11-19-16)12-3-4-12;1-2-4-6-5-3-1/h10-12,14H,1-9H2;1-6H. The minimum Gasteiger partial charge on any atom is -0.342 e. The number of amides is 1. The van der Waals surface area contributed by atoms with Gasteiger partial charge in [-0.3, -0.25) is 4.79 Å². The Labute approximate surface area is 171 Å². The molecule has 6 nitrogen and oxygen atoms in total. The minimum atomic E-state index is -0.574. The molecule has 1 aliphatic carbocycles. The maximum atomic E-state index is 12.7. The summed E-state index contributed by atoms with van der Waals surface area (Å²) in [5.41, 5.74) is 0.687. The molecule has 1 aromatic heterocycles. The van der Waals surface area contributed by atoms with Crippen LogP contribution in [-0.2, 0) is 9.53 Å². The van der Waals surface area contributed by atoms with E-state index in [-0.39, 0.29) is 12.1 Å². The van der Waals surface area contributed by atoms with Crippen LogP contribution in [0.1, 0.15) is 50.0 Å². The van der Waals surface area contributed by atoms with E-state index in [1.54, 1.807) is 0 Å². The molecule has 1 spiro atoms.